The fourth-order valence-corrected chi connectivity index (χ4v) is 8.95. The van der Waals surface area contributed by atoms with Crippen molar-refractivity contribution in [3.8, 4) is 0 Å². The standard InChI is InChI=1S/C53H99NO13/c1-3-5-7-9-11-13-15-17-19-20-21-23-24-26-28-30-32-34-36-42(57)41(54-45(58)37-35-33-31-29-27-25-22-18-16-14-12-10-8-6-4-2)40-64-52-50(63)48(61)51(44(39-56)66-52)67-53-49(62)47(60)46(59)43(38-55)65-53/h26,28,34,36,41-44,46-53,55-57,59-63H,3-25,27,29-33,35,37-40H2,1-2H3,(H,54,58)/b28-26+,36-34+. The Morgan fingerprint density at radius 2 is 0.955 bits per heavy atom. The fraction of sp³-hybridized carbons (Fsp3) is 0.906. The topological polar surface area (TPSA) is 228 Å². The zero-order valence-corrected chi connectivity index (χ0v) is 41.9. The van der Waals surface area contributed by atoms with Gasteiger partial charge < -0.3 is 65.1 Å². The van der Waals surface area contributed by atoms with Gasteiger partial charge in [0.2, 0.25) is 5.91 Å². The number of allylic oxidation sites excluding steroid dienone is 3. The molecule has 394 valence electrons. The summed E-state index contributed by atoms with van der Waals surface area (Å²) in [7, 11) is 0. The van der Waals surface area contributed by atoms with E-state index in [1.807, 2.05) is 6.08 Å². The fourth-order valence-electron chi connectivity index (χ4n) is 8.95. The predicted molar refractivity (Wildman–Crippen MR) is 263 cm³/mol. The molecule has 2 saturated heterocycles. The molecule has 14 nitrogen and oxygen atoms in total. The minimum Gasteiger partial charge on any atom is -0.394 e. The Hall–Kier alpha value is -1.53. The van der Waals surface area contributed by atoms with Gasteiger partial charge in [-0.05, 0) is 32.1 Å². The van der Waals surface area contributed by atoms with Crippen LogP contribution in [-0.2, 0) is 23.7 Å². The Kier molecular flexibility index (Phi) is 36.9. The molecule has 67 heavy (non-hydrogen) atoms. The predicted octanol–water partition coefficient (Wildman–Crippen LogP) is 7.72. The molecule has 2 aliphatic rings. The van der Waals surface area contributed by atoms with Crippen LogP contribution < -0.4 is 5.32 Å². The number of unbranched alkanes of at least 4 members (excludes halogenated alkanes) is 27. The van der Waals surface area contributed by atoms with E-state index < -0.39 is 86.8 Å². The SMILES string of the molecule is CCCCCCCCCCCCCC/C=C/CC/C=C/C(O)C(COC1OC(CO)C(OC2OC(CO)C(O)C(O)C2O)C(O)C1O)NC(=O)CCCCCCCCCCCCCCCCC. The molecular weight excluding hydrogens is 859 g/mol. The van der Waals surface area contributed by atoms with Gasteiger partial charge in [-0.3, -0.25) is 4.79 Å². The monoisotopic (exact) mass is 958 g/mol. The second kappa shape index (κ2) is 40.1. The summed E-state index contributed by atoms with van der Waals surface area (Å²) in [6.45, 7) is 2.78. The highest BCUT2D eigenvalue weighted by Gasteiger charge is 2.51. The molecule has 9 N–H and O–H groups in total. The van der Waals surface area contributed by atoms with Crippen LogP contribution in [0.1, 0.15) is 213 Å². The molecule has 14 heteroatoms. The summed E-state index contributed by atoms with van der Waals surface area (Å²) in [4.78, 5) is 13.2. The van der Waals surface area contributed by atoms with Gasteiger partial charge >= 0.3 is 0 Å². The van der Waals surface area contributed by atoms with E-state index in [-0.39, 0.29) is 18.9 Å². The minimum atomic E-state index is -1.79. The van der Waals surface area contributed by atoms with E-state index >= 15 is 0 Å². The van der Waals surface area contributed by atoms with E-state index in [0.717, 1.165) is 32.1 Å². The largest absolute Gasteiger partial charge is 0.394 e. The van der Waals surface area contributed by atoms with Gasteiger partial charge in [-0.1, -0.05) is 199 Å². The molecule has 2 heterocycles. The Morgan fingerprint density at radius 1 is 0.522 bits per heavy atom. The number of carbonyl (C=O) groups is 1. The van der Waals surface area contributed by atoms with E-state index in [0.29, 0.717) is 12.8 Å². The molecular formula is C53H99NO13. The number of aliphatic hydroxyl groups is 8. The molecule has 0 aromatic carbocycles. The van der Waals surface area contributed by atoms with Crippen LogP contribution >= 0.6 is 0 Å². The maximum Gasteiger partial charge on any atom is 0.220 e. The van der Waals surface area contributed by atoms with Crippen molar-refractivity contribution >= 4 is 5.91 Å². The van der Waals surface area contributed by atoms with Gasteiger partial charge in [0.15, 0.2) is 12.6 Å². The average Bonchev–Trinajstić information content (AvgIpc) is 3.32. The van der Waals surface area contributed by atoms with Gasteiger partial charge in [0.05, 0.1) is 32.0 Å². The van der Waals surface area contributed by atoms with E-state index in [4.69, 9.17) is 18.9 Å². The summed E-state index contributed by atoms with van der Waals surface area (Å²) in [6.07, 6.45) is 27.9. The Balaban J connectivity index is 1.84. The lowest BCUT2D eigenvalue weighted by molar-refractivity contribution is -0.359. The third-order valence-corrected chi connectivity index (χ3v) is 13.4. The first-order valence-corrected chi connectivity index (χ1v) is 27.1. The molecule has 2 fully saturated rings. The van der Waals surface area contributed by atoms with Gasteiger partial charge in [-0.2, -0.15) is 0 Å². The molecule has 0 aliphatic carbocycles. The van der Waals surface area contributed by atoms with Crippen molar-refractivity contribution in [3.05, 3.63) is 24.3 Å². The first-order chi connectivity index (χ1) is 32.6. The molecule has 0 bridgehead atoms. The van der Waals surface area contributed by atoms with E-state index in [9.17, 15) is 45.6 Å². The zero-order valence-electron chi connectivity index (χ0n) is 41.9. The summed E-state index contributed by atoms with van der Waals surface area (Å²) >= 11 is 0. The van der Waals surface area contributed by atoms with Crippen molar-refractivity contribution in [2.24, 2.45) is 0 Å². The van der Waals surface area contributed by atoms with E-state index in [1.165, 1.54) is 148 Å². The van der Waals surface area contributed by atoms with Gasteiger partial charge in [-0.25, -0.2) is 0 Å². The van der Waals surface area contributed by atoms with E-state index in [1.54, 1.807) is 6.08 Å². The lowest BCUT2D eigenvalue weighted by atomic mass is 9.97. The van der Waals surface area contributed by atoms with Crippen molar-refractivity contribution in [1.29, 1.82) is 0 Å². The Morgan fingerprint density at radius 3 is 1.46 bits per heavy atom. The highest BCUT2D eigenvalue weighted by molar-refractivity contribution is 5.76. The van der Waals surface area contributed by atoms with Crippen LogP contribution in [0.4, 0.5) is 0 Å². The summed E-state index contributed by atoms with van der Waals surface area (Å²) in [5.41, 5.74) is 0. The molecule has 2 aliphatic heterocycles. The number of hydrogen-bond donors (Lipinski definition) is 9. The number of carbonyl (C=O) groups excluding carboxylic acids is 1. The number of aliphatic hydroxyl groups excluding tert-OH is 8. The molecule has 0 spiro atoms. The van der Waals surface area contributed by atoms with Crippen molar-refractivity contribution < 1.29 is 64.6 Å². The molecule has 0 aromatic rings. The van der Waals surface area contributed by atoms with Crippen LogP contribution in [0.25, 0.3) is 0 Å². The first kappa shape index (κ1) is 61.6. The number of hydrogen-bond acceptors (Lipinski definition) is 13. The van der Waals surface area contributed by atoms with Crippen molar-refractivity contribution in [3.63, 3.8) is 0 Å². The highest BCUT2D eigenvalue weighted by Crippen LogP contribution is 2.30. The third-order valence-electron chi connectivity index (χ3n) is 13.4. The van der Waals surface area contributed by atoms with Gasteiger partial charge in [0, 0.05) is 6.42 Å². The highest BCUT2D eigenvalue weighted by atomic mass is 16.7. The molecule has 12 unspecified atom stereocenters. The molecule has 2 rings (SSSR count). The third kappa shape index (κ3) is 27.0. The molecule has 0 aromatic heterocycles. The number of nitrogens with one attached hydrogen (secondary N) is 1. The maximum absolute atomic E-state index is 13.2. The minimum absolute atomic E-state index is 0.247. The van der Waals surface area contributed by atoms with Crippen LogP contribution in [0.5, 0.6) is 0 Å². The second-order valence-corrected chi connectivity index (χ2v) is 19.4. The summed E-state index contributed by atoms with van der Waals surface area (Å²) in [5, 5.41) is 86.8. The Bertz CT molecular complexity index is 1220. The normalized spacial score (nSPS) is 26.7. The van der Waals surface area contributed by atoms with Gasteiger partial charge in [0.1, 0.15) is 48.8 Å². The molecule has 12 atom stereocenters. The smallest absolute Gasteiger partial charge is 0.220 e. The lowest BCUT2D eigenvalue weighted by Crippen LogP contribution is -2.65. The average molecular weight is 958 g/mol. The van der Waals surface area contributed by atoms with Crippen LogP contribution in [0, 0.1) is 0 Å². The van der Waals surface area contributed by atoms with Crippen LogP contribution in [0.15, 0.2) is 24.3 Å². The summed E-state index contributed by atoms with van der Waals surface area (Å²) in [6, 6.07) is -0.926. The van der Waals surface area contributed by atoms with Crippen molar-refractivity contribution in [2.45, 2.75) is 286 Å². The maximum atomic E-state index is 13.2. The quantitative estimate of drug-likeness (QED) is 0.0211. The van der Waals surface area contributed by atoms with Crippen LogP contribution in [0.3, 0.4) is 0 Å². The number of amides is 1. The van der Waals surface area contributed by atoms with Gasteiger partial charge in [-0.15, -0.1) is 0 Å². The number of rotatable bonds is 42. The van der Waals surface area contributed by atoms with Gasteiger partial charge in [0.25, 0.3) is 0 Å². The van der Waals surface area contributed by atoms with Crippen LogP contribution in [-0.4, -0.2) is 140 Å². The molecule has 0 saturated carbocycles. The Labute approximate surface area is 405 Å². The van der Waals surface area contributed by atoms with E-state index in [2.05, 4.69) is 31.3 Å². The first-order valence-electron chi connectivity index (χ1n) is 27.1. The van der Waals surface area contributed by atoms with Crippen LogP contribution in [0.2, 0.25) is 0 Å². The summed E-state index contributed by atoms with van der Waals surface area (Å²) in [5.74, 6) is -0.247. The molecule has 0 radical (unpaired) electrons. The summed E-state index contributed by atoms with van der Waals surface area (Å²) < 4.78 is 22.7. The second-order valence-electron chi connectivity index (χ2n) is 19.4. The van der Waals surface area contributed by atoms with Crippen molar-refractivity contribution in [1.82, 2.24) is 5.32 Å². The molecule has 1 amide bonds. The van der Waals surface area contributed by atoms with Crippen molar-refractivity contribution in [2.75, 3.05) is 19.8 Å². The number of ether oxygens (including phenoxy) is 4. The lowest BCUT2D eigenvalue weighted by Gasteiger charge is -2.46. The zero-order chi connectivity index (χ0) is 48.9.